The molecule has 0 bridgehead atoms. The lowest BCUT2D eigenvalue weighted by atomic mass is 9.98. The van der Waals surface area contributed by atoms with Gasteiger partial charge in [0.15, 0.2) is 0 Å². The van der Waals surface area contributed by atoms with Crippen molar-refractivity contribution in [3.63, 3.8) is 0 Å². The highest BCUT2D eigenvalue weighted by Crippen LogP contribution is 2.12. The van der Waals surface area contributed by atoms with Crippen LogP contribution in [-0.4, -0.2) is 24.4 Å². The molecule has 74 valence electrons. The van der Waals surface area contributed by atoms with Crippen LogP contribution in [-0.2, 0) is 4.74 Å². The maximum absolute atomic E-state index is 9.56. The fourth-order valence-corrected chi connectivity index (χ4v) is 1.10. The van der Waals surface area contributed by atoms with Crippen LogP contribution in [0.5, 0.6) is 0 Å². The Morgan fingerprint density at radius 3 is 2.50 bits per heavy atom. The molecule has 0 rings (SSSR count). The summed E-state index contributed by atoms with van der Waals surface area (Å²) in [5.74, 6) is 0.423. The topological polar surface area (TPSA) is 29.5 Å². The SMILES string of the molecule is CCOCCCC(O)C(C)CC. The van der Waals surface area contributed by atoms with Gasteiger partial charge in [-0.05, 0) is 25.7 Å². The molecule has 0 heterocycles. The first-order chi connectivity index (χ1) is 5.72. The Morgan fingerprint density at radius 1 is 1.33 bits per heavy atom. The van der Waals surface area contributed by atoms with Gasteiger partial charge in [-0.3, -0.25) is 0 Å². The molecule has 0 amide bonds. The quantitative estimate of drug-likeness (QED) is 0.600. The molecular weight excluding hydrogens is 152 g/mol. The van der Waals surface area contributed by atoms with Crippen LogP contribution in [0.3, 0.4) is 0 Å². The van der Waals surface area contributed by atoms with Gasteiger partial charge in [-0.2, -0.15) is 0 Å². The summed E-state index contributed by atoms with van der Waals surface area (Å²) in [6, 6.07) is 0. The van der Waals surface area contributed by atoms with E-state index in [1.165, 1.54) is 0 Å². The third kappa shape index (κ3) is 5.56. The number of hydrogen-bond donors (Lipinski definition) is 1. The molecule has 0 aromatic rings. The van der Waals surface area contributed by atoms with E-state index in [1.807, 2.05) is 6.92 Å². The van der Waals surface area contributed by atoms with Gasteiger partial charge in [-0.15, -0.1) is 0 Å². The molecular formula is C10H22O2. The summed E-state index contributed by atoms with van der Waals surface area (Å²) in [5, 5.41) is 9.56. The van der Waals surface area contributed by atoms with Gasteiger partial charge in [0, 0.05) is 13.2 Å². The zero-order valence-electron chi connectivity index (χ0n) is 8.55. The minimum Gasteiger partial charge on any atom is -0.393 e. The summed E-state index contributed by atoms with van der Waals surface area (Å²) in [6.45, 7) is 7.75. The molecule has 0 saturated carbocycles. The fraction of sp³-hybridized carbons (Fsp3) is 1.00. The fourth-order valence-electron chi connectivity index (χ4n) is 1.10. The van der Waals surface area contributed by atoms with Crippen molar-refractivity contribution < 1.29 is 9.84 Å². The maximum atomic E-state index is 9.56. The van der Waals surface area contributed by atoms with Crippen molar-refractivity contribution in [2.24, 2.45) is 5.92 Å². The van der Waals surface area contributed by atoms with Crippen LogP contribution in [0, 0.1) is 5.92 Å². The Kier molecular flexibility index (Phi) is 7.51. The lowest BCUT2D eigenvalue weighted by Crippen LogP contribution is -2.17. The van der Waals surface area contributed by atoms with Gasteiger partial charge >= 0.3 is 0 Å². The second kappa shape index (κ2) is 7.56. The van der Waals surface area contributed by atoms with Crippen molar-refractivity contribution in [3.8, 4) is 0 Å². The van der Waals surface area contributed by atoms with Crippen molar-refractivity contribution in [1.29, 1.82) is 0 Å². The van der Waals surface area contributed by atoms with Gasteiger partial charge < -0.3 is 9.84 Å². The number of ether oxygens (including phenoxy) is 1. The second-order valence-electron chi connectivity index (χ2n) is 3.29. The Hall–Kier alpha value is -0.0800. The van der Waals surface area contributed by atoms with Gasteiger partial charge in [0.2, 0.25) is 0 Å². The summed E-state index contributed by atoms with van der Waals surface area (Å²) in [7, 11) is 0. The van der Waals surface area contributed by atoms with Crippen molar-refractivity contribution in [2.75, 3.05) is 13.2 Å². The van der Waals surface area contributed by atoms with Crippen molar-refractivity contribution >= 4 is 0 Å². The normalized spacial score (nSPS) is 16.0. The molecule has 2 heteroatoms. The van der Waals surface area contributed by atoms with E-state index in [0.29, 0.717) is 5.92 Å². The van der Waals surface area contributed by atoms with Gasteiger partial charge in [-0.1, -0.05) is 20.3 Å². The van der Waals surface area contributed by atoms with Crippen LogP contribution >= 0.6 is 0 Å². The monoisotopic (exact) mass is 174 g/mol. The molecule has 2 nitrogen and oxygen atoms in total. The predicted molar refractivity (Wildman–Crippen MR) is 51.2 cm³/mol. The predicted octanol–water partition coefficient (Wildman–Crippen LogP) is 2.21. The lowest BCUT2D eigenvalue weighted by Gasteiger charge is -2.16. The number of aliphatic hydroxyl groups excluding tert-OH is 1. The highest BCUT2D eigenvalue weighted by Gasteiger charge is 2.10. The molecule has 0 radical (unpaired) electrons. The molecule has 0 spiro atoms. The van der Waals surface area contributed by atoms with Crippen LogP contribution in [0.1, 0.15) is 40.0 Å². The molecule has 12 heavy (non-hydrogen) atoms. The molecule has 0 aromatic heterocycles. The van der Waals surface area contributed by atoms with E-state index in [2.05, 4.69) is 13.8 Å². The smallest absolute Gasteiger partial charge is 0.0566 e. The molecule has 0 aromatic carbocycles. The minimum atomic E-state index is -0.143. The summed E-state index contributed by atoms with van der Waals surface area (Å²) in [4.78, 5) is 0. The van der Waals surface area contributed by atoms with E-state index >= 15 is 0 Å². The van der Waals surface area contributed by atoms with Crippen LogP contribution in [0.15, 0.2) is 0 Å². The van der Waals surface area contributed by atoms with Crippen LogP contribution < -0.4 is 0 Å². The van der Waals surface area contributed by atoms with Gasteiger partial charge in [-0.25, -0.2) is 0 Å². The van der Waals surface area contributed by atoms with Gasteiger partial charge in [0.1, 0.15) is 0 Å². The third-order valence-electron chi connectivity index (χ3n) is 2.29. The molecule has 2 unspecified atom stereocenters. The number of rotatable bonds is 7. The maximum Gasteiger partial charge on any atom is 0.0566 e. The zero-order chi connectivity index (χ0) is 9.40. The second-order valence-corrected chi connectivity index (χ2v) is 3.29. The van der Waals surface area contributed by atoms with Crippen LogP contribution in [0.2, 0.25) is 0 Å². The van der Waals surface area contributed by atoms with E-state index in [9.17, 15) is 5.11 Å². The standard InChI is InChI=1S/C10H22O2/c1-4-9(3)10(11)7-6-8-12-5-2/h9-11H,4-8H2,1-3H3. The summed E-state index contributed by atoms with van der Waals surface area (Å²) >= 11 is 0. The molecule has 0 aliphatic rings. The molecule has 0 aliphatic heterocycles. The summed E-state index contributed by atoms with van der Waals surface area (Å²) in [5.41, 5.74) is 0. The zero-order valence-corrected chi connectivity index (χ0v) is 8.55. The first-order valence-electron chi connectivity index (χ1n) is 4.98. The lowest BCUT2D eigenvalue weighted by molar-refractivity contribution is 0.0826. The van der Waals surface area contributed by atoms with E-state index in [4.69, 9.17) is 4.74 Å². The van der Waals surface area contributed by atoms with Crippen LogP contribution in [0.4, 0.5) is 0 Å². The molecule has 0 fully saturated rings. The molecule has 0 saturated heterocycles. The molecule has 1 N–H and O–H groups in total. The van der Waals surface area contributed by atoms with E-state index in [1.54, 1.807) is 0 Å². The van der Waals surface area contributed by atoms with Crippen molar-refractivity contribution in [3.05, 3.63) is 0 Å². The average molecular weight is 174 g/mol. The first-order valence-corrected chi connectivity index (χ1v) is 4.98. The Bertz CT molecular complexity index is 93.8. The highest BCUT2D eigenvalue weighted by molar-refractivity contribution is 4.62. The largest absolute Gasteiger partial charge is 0.393 e. The molecule has 0 aliphatic carbocycles. The van der Waals surface area contributed by atoms with Crippen molar-refractivity contribution in [1.82, 2.24) is 0 Å². The Labute approximate surface area is 75.9 Å². The minimum absolute atomic E-state index is 0.143. The van der Waals surface area contributed by atoms with Gasteiger partial charge in [0.05, 0.1) is 6.10 Å². The Morgan fingerprint density at radius 2 is 2.00 bits per heavy atom. The first kappa shape index (κ1) is 11.9. The van der Waals surface area contributed by atoms with E-state index in [-0.39, 0.29) is 6.10 Å². The van der Waals surface area contributed by atoms with Crippen LogP contribution in [0.25, 0.3) is 0 Å². The van der Waals surface area contributed by atoms with E-state index in [0.717, 1.165) is 32.5 Å². The third-order valence-corrected chi connectivity index (χ3v) is 2.29. The highest BCUT2D eigenvalue weighted by atomic mass is 16.5. The molecule has 2 atom stereocenters. The Balaban J connectivity index is 3.24. The number of hydrogen-bond acceptors (Lipinski definition) is 2. The van der Waals surface area contributed by atoms with Gasteiger partial charge in [0.25, 0.3) is 0 Å². The average Bonchev–Trinajstić information content (AvgIpc) is 2.10. The summed E-state index contributed by atoms with van der Waals surface area (Å²) < 4.78 is 5.19. The van der Waals surface area contributed by atoms with Crippen molar-refractivity contribution in [2.45, 2.75) is 46.1 Å². The van der Waals surface area contributed by atoms with E-state index < -0.39 is 0 Å². The summed E-state index contributed by atoms with van der Waals surface area (Å²) in [6.07, 6.45) is 2.75. The number of aliphatic hydroxyl groups is 1.